The fourth-order valence-electron chi connectivity index (χ4n) is 2.11. The summed E-state index contributed by atoms with van der Waals surface area (Å²) in [4.78, 5) is 0. The zero-order chi connectivity index (χ0) is 13.7. The van der Waals surface area contributed by atoms with Crippen molar-refractivity contribution in [2.75, 3.05) is 13.7 Å². The second kappa shape index (κ2) is 6.81. The van der Waals surface area contributed by atoms with Gasteiger partial charge in [-0.25, -0.2) is 8.78 Å². The lowest BCUT2D eigenvalue weighted by molar-refractivity contribution is 0.0323. The number of nitrogens with one attached hydrogen (secondary N) is 1. The highest BCUT2D eigenvalue weighted by atomic mass is 19.2. The van der Waals surface area contributed by atoms with E-state index in [-0.39, 0.29) is 12.1 Å². The molecule has 0 spiro atoms. The van der Waals surface area contributed by atoms with Crippen LogP contribution in [0.4, 0.5) is 8.78 Å². The summed E-state index contributed by atoms with van der Waals surface area (Å²) in [6, 6.07) is 2.87. The first-order valence-electron chi connectivity index (χ1n) is 6.30. The number of aryl methyl sites for hydroxylation is 1. The summed E-state index contributed by atoms with van der Waals surface area (Å²) in [6.07, 6.45) is 0.561. The van der Waals surface area contributed by atoms with Gasteiger partial charge in [0.15, 0.2) is 11.6 Å². The molecule has 0 aliphatic carbocycles. The standard InChI is InChI=1S/C14H21F2NO/c1-5-11(18-6-2)14(17-4)10-8-7-9(3)12(15)13(10)16/h7-8,11,14,17H,5-6H2,1-4H3. The first-order chi connectivity index (χ1) is 8.56. The maximum atomic E-state index is 14.0. The highest BCUT2D eigenvalue weighted by molar-refractivity contribution is 5.28. The number of benzene rings is 1. The summed E-state index contributed by atoms with van der Waals surface area (Å²) >= 11 is 0. The Hall–Kier alpha value is -1.00. The molecule has 18 heavy (non-hydrogen) atoms. The van der Waals surface area contributed by atoms with E-state index >= 15 is 0 Å². The molecule has 0 aromatic heterocycles. The van der Waals surface area contributed by atoms with Crippen LogP contribution in [0, 0.1) is 18.6 Å². The molecular weight excluding hydrogens is 236 g/mol. The van der Waals surface area contributed by atoms with Gasteiger partial charge in [0, 0.05) is 12.2 Å². The first kappa shape index (κ1) is 15.1. The topological polar surface area (TPSA) is 21.3 Å². The predicted molar refractivity (Wildman–Crippen MR) is 68.6 cm³/mol. The molecule has 1 N–H and O–H groups in total. The summed E-state index contributed by atoms with van der Waals surface area (Å²) in [7, 11) is 1.73. The van der Waals surface area contributed by atoms with Crippen molar-refractivity contribution >= 4 is 0 Å². The van der Waals surface area contributed by atoms with Crippen LogP contribution in [0.25, 0.3) is 0 Å². The van der Waals surface area contributed by atoms with Gasteiger partial charge in [-0.15, -0.1) is 0 Å². The molecule has 0 aliphatic rings. The molecular formula is C14H21F2NO. The van der Waals surface area contributed by atoms with Crippen LogP contribution < -0.4 is 5.32 Å². The summed E-state index contributed by atoms with van der Waals surface area (Å²) < 4.78 is 33.1. The van der Waals surface area contributed by atoms with E-state index < -0.39 is 11.6 Å². The highest BCUT2D eigenvalue weighted by Gasteiger charge is 2.25. The molecule has 102 valence electrons. The van der Waals surface area contributed by atoms with Gasteiger partial charge in [-0.2, -0.15) is 0 Å². The molecule has 0 heterocycles. The number of rotatable bonds is 6. The maximum Gasteiger partial charge on any atom is 0.163 e. The van der Waals surface area contributed by atoms with E-state index in [0.717, 1.165) is 6.42 Å². The third kappa shape index (κ3) is 3.06. The summed E-state index contributed by atoms with van der Waals surface area (Å²) in [5.41, 5.74) is 0.636. The van der Waals surface area contributed by atoms with Gasteiger partial charge in [0.05, 0.1) is 12.1 Å². The fraction of sp³-hybridized carbons (Fsp3) is 0.571. The minimum atomic E-state index is -0.785. The lowest BCUT2D eigenvalue weighted by atomic mass is 9.97. The van der Waals surface area contributed by atoms with Crippen molar-refractivity contribution in [3.05, 3.63) is 34.9 Å². The van der Waals surface area contributed by atoms with Crippen molar-refractivity contribution < 1.29 is 13.5 Å². The summed E-state index contributed by atoms with van der Waals surface area (Å²) in [6.45, 7) is 5.96. The Morgan fingerprint density at radius 1 is 1.22 bits per heavy atom. The molecule has 1 aromatic carbocycles. The zero-order valence-corrected chi connectivity index (χ0v) is 11.4. The number of ether oxygens (including phenoxy) is 1. The van der Waals surface area contributed by atoms with Gasteiger partial charge >= 0.3 is 0 Å². The van der Waals surface area contributed by atoms with Gasteiger partial charge < -0.3 is 10.1 Å². The van der Waals surface area contributed by atoms with Gasteiger partial charge in [0.25, 0.3) is 0 Å². The van der Waals surface area contributed by atoms with Crippen LogP contribution >= 0.6 is 0 Å². The molecule has 0 aliphatic heterocycles. The molecule has 0 saturated heterocycles. The Labute approximate surface area is 107 Å². The van der Waals surface area contributed by atoms with Crippen molar-refractivity contribution in [1.82, 2.24) is 5.32 Å². The van der Waals surface area contributed by atoms with E-state index in [1.807, 2.05) is 13.8 Å². The molecule has 1 rings (SSSR count). The average Bonchev–Trinajstić information content (AvgIpc) is 2.38. The van der Waals surface area contributed by atoms with Crippen LogP contribution in [0.1, 0.15) is 37.4 Å². The molecule has 1 aromatic rings. The number of hydrogen-bond donors (Lipinski definition) is 1. The van der Waals surface area contributed by atoms with Crippen LogP contribution in [0.15, 0.2) is 12.1 Å². The zero-order valence-electron chi connectivity index (χ0n) is 11.4. The Balaban J connectivity index is 3.12. The molecule has 0 saturated carbocycles. The number of halogens is 2. The van der Waals surface area contributed by atoms with Crippen LogP contribution in [0.2, 0.25) is 0 Å². The monoisotopic (exact) mass is 257 g/mol. The normalized spacial score (nSPS) is 14.6. The quantitative estimate of drug-likeness (QED) is 0.844. The van der Waals surface area contributed by atoms with Crippen molar-refractivity contribution in [1.29, 1.82) is 0 Å². The molecule has 4 heteroatoms. The van der Waals surface area contributed by atoms with Crippen molar-refractivity contribution in [2.24, 2.45) is 0 Å². The Morgan fingerprint density at radius 3 is 2.39 bits per heavy atom. The predicted octanol–water partition coefficient (Wildman–Crippen LogP) is 3.35. The van der Waals surface area contributed by atoms with E-state index in [1.165, 1.54) is 0 Å². The van der Waals surface area contributed by atoms with E-state index in [1.54, 1.807) is 26.1 Å². The third-order valence-electron chi connectivity index (χ3n) is 3.11. The van der Waals surface area contributed by atoms with Crippen LogP contribution in [-0.4, -0.2) is 19.8 Å². The molecule has 2 unspecified atom stereocenters. The summed E-state index contributed by atoms with van der Waals surface area (Å²) in [5.74, 6) is -1.56. The molecule has 0 radical (unpaired) electrons. The van der Waals surface area contributed by atoms with Gasteiger partial charge in [0.1, 0.15) is 0 Å². The van der Waals surface area contributed by atoms with Gasteiger partial charge in [-0.05, 0) is 32.9 Å². The minimum absolute atomic E-state index is 0.170. The molecule has 0 amide bonds. The Bertz CT molecular complexity index is 396. The fourth-order valence-corrected chi connectivity index (χ4v) is 2.11. The van der Waals surface area contributed by atoms with Gasteiger partial charge in [-0.1, -0.05) is 19.1 Å². The van der Waals surface area contributed by atoms with E-state index in [0.29, 0.717) is 17.7 Å². The number of hydrogen-bond acceptors (Lipinski definition) is 2. The largest absolute Gasteiger partial charge is 0.377 e. The number of likely N-dealkylation sites (N-methyl/N-ethyl adjacent to an activating group) is 1. The lowest BCUT2D eigenvalue weighted by Crippen LogP contribution is -2.32. The maximum absolute atomic E-state index is 14.0. The second-order valence-corrected chi connectivity index (χ2v) is 4.27. The molecule has 0 fully saturated rings. The average molecular weight is 257 g/mol. The van der Waals surface area contributed by atoms with Gasteiger partial charge in [-0.3, -0.25) is 0 Å². The summed E-state index contributed by atoms with van der Waals surface area (Å²) in [5, 5.41) is 3.01. The van der Waals surface area contributed by atoms with Crippen molar-refractivity contribution in [3.8, 4) is 0 Å². The SMILES string of the molecule is CCOC(CC)C(NC)c1ccc(C)c(F)c1F. The van der Waals surface area contributed by atoms with Crippen molar-refractivity contribution in [3.63, 3.8) is 0 Å². The Morgan fingerprint density at radius 2 is 1.89 bits per heavy atom. The van der Waals surface area contributed by atoms with Crippen LogP contribution in [0.3, 0.4) is 0 Å². The third-order valence-corrected chi connectivity index (χ3v) is 3.11. The molecule has 2 atom stereocenters. The molecule has 0 bridgehead atoms. The first-order valence-corrected chi connectivity index (χ1v) is 6.30. The van der Waals surface area contributed by atoms with Crippen LogP contribution in [-0.2, 0) is 4.74 Å². The Kier molecular flexibility index (Phi) is 5.69. The van der Waals surface area contributed by atoms with Crippen molar-refractivity contribution in [2.45, 2.75) is 39.3 Å². The smallest absolute Gasteiger partial charge is 0.163 e. The van der Waals surface area contributed by atoms with E-state index in [4.69, 9.17) is 4.74 Å². The second-order valence-electron chi connectivity index (χ2n) is 4.27. The van der Waals surface area contributed by atoms with Gasteiger partial charge in [0.2, 0.25) is 0 Å². The van der Waals surface area contributed by atoms with E-state index in [9.17, 15) is 8.78 Å². The van der Waals surface area contributed by atoms with E-state index in [2.05, 4.69) is 5.32 Å². The highest BCUT2D eigenvalue weighted by Crippen LogP contribution is 2.26. The lowest BCUT2D eigenvalue weighted by Gasteiger charge is -2.26. The molecule has 2 nitrogen and oxygen atoms in total. The van der Waals surface area contributed by atoms with Crippen LogP contribution in [0.5, 0.6) is 0 Å². The minimum Gasteiger partial charge on any atom is -0.377 e.